The predicted molar refractivity (Wildman–Crippen MR) is 81.0 cm³/mol. The Labute approximate surface area is 127 Å². The molecule has 0 aliphatic heterocycles. The van der Waals surface area contributed by atoms with E-state index in [1.54, 1.807) is 6.07 Å². The lowest BCUT2D eigenvalue weighted by molar-refractivity contribution is 0.601. The smallest absolute Gasteiger partial charge is 0.263 e. The molecule has 2 aromatic rings. The van der Waals surface area contributed by atoms with Crippen LogP contribution in [0.1, 0.15) is 11.1 Å². The summed E-state index contributed by atoms with van der Waals surface area (Å²) in [7, 11) is -3.75. The van der Waals surface area contributed by atoms with Gasteiger partial charge in [0.05, 0.1) is 10.7 Å². The molecule has 0 atom stereocenters. The molecule has 0 saturated heterocycles. The number of nitrogens with zero attached hydrogens (tertiary/aromatic N) is 1. The van der Waals surface area contributed by atoms with Crippen molar-refractivity contribution in [3.63, 3.8) is 0 Å². The quantitative estimate of drug-likeness (QED) is 0.870. The van der Waals surface area contributed by atoms with Gasteiger partial charge in [0.25, 0.3) is 10.0 Å². The third-order valence-electron chi connectivity index (χ3n) is 2.72. The van der Waals surface area contributed by atoms with E-state index in [0.717, 1.165) is 11.1 Å². The number of pyridine rings is 1. The van der Waals surface area contributed by atoms with E-state index in [4.69, 9.17) is 23.2 Å². The summed E-state index contributed by atoms with van der Waals surface area (Å²) in [6.45, 7) is 3.71. The Morgan fingerprint density at radius 1 is 1.15 bits per heavy atom. The van der Waals surface area contributed by atoms with Crippen molar-refractivity contribution in [3.05, 3.63) is 51.8 Å². The van der Waals surface area contributed by atoms with Crippen LogP contribution in [0, 0.1) is 13.8 Å². The van der Waals surface area contributed by atoms with Gasteiger partial charge in [-0.2, -0.15) is 0 Å². The van der Waals surface area contributed by atoms with Crippen molar-refractivity contribution < 1.29 is 8.42 Å². The maximum atomic E-state index is 12.3. The Hall–Kier alpha value is -1.30. The fourth-order valence-corrected chi connectivity index (χ4v) is 3.03. The number of anilines is 1. The van der Waals surface area contributed by atoms with Crippen molar-refractivity contribution in [2.45, 2.75) is 18.7 Å². The first-order valence-corrected chi connectivity index (χ1v) is 7.94. The summed E-state index contributed by atoms with van der Waals surface area (Å²) < 4.78 is 27.1. The molecule has 106 valence electrons. The van der Waals surface area contributed by atoms with Gasteiger partial charge in [-0.3, -0.25) is 4.72 Å². The van der Waals surface area contributed by atoms with Crippen LogP contribution in [0.5, 0.6) is 0 Å². The third-order valence-corrected chi connectivity index (χ3v) is 4.74. The predicted octanol–water partition coefficient (Wildman–Crippen LogP) is 3.81. The van der Waals surface area contributed by atoms with Crippen LogP contribution in [0.15, 0.2) is 35.4 Å². The molecule has 0 saturated carbocycles. The molecule has 1 aromatic heterocycles. The lowest BCUT2D eigenvalue weighted by Gasteiger charge is -2.11. The van der Waals surface area contributed by atoms with Gasteiger partial charge in [-0.15, -0.1) is 0 Å². The van der Waals surface area contributed by atoms with Crippen molar-refractivity contribution in [2.75, 3.05) is 4.72 Å². The minimum Gasteiger partial charge on any atom is -0.279 e. The second kappa shape index (κ2) is 5.60. The maximum absolute atomic E-state index is 12.3. The van der Waals surface area contributed by atoms with Gasteiger partial charge in [0.2, 0.25) is 0 Å². The molecule has 1 N–H and O–H groups in total. The van der Waals surface area contributed by atoms with E-state index in [0.29, 0.717) is 5.69 Å². The minimum atomic E-state index is -3.75. The first-order valence-electron chi connectivity index (χ1n) is 5.71. The molecular weight excluding hydrogens is 319 g/mol. The highest BCUT2D eigenvalue weighted by Crippen LogP contribution is 2.25. The van der Waals surface area contributed by atoms with Gasteiger partial charge in [0.15, 0.2) is 0 Å². The van der Waals surface area contributed by atoms with Gasteiger partial charge >= 0.3 is 0 Å². The van der Waals surface area contributed by atoms with E-state index in [9.17, 15) is 8.42 Å². The van der Waals surface area contributed by atoms with Crippen molar-refractivity contribution >= 4 is 38.9 Å². The summed E-state index contributed by atoms with van der Waals surface area (Å²) in [5.74, 6) is 0. The fourth-order valence-electron chi connectivity index (χ4n) is 1.60. The standard InChI is InChI=1S/C13H12Cl2N2O2S/c1-8-3-4-9(2)12(5-8)17-20(18,19)10-6-11(14)13(15)16-7-10/h3-7,17H,1-2H3. The number of hydrogen-bond donors (Lipinski definition) is 1. The average molecular weight is 331 g/mol. The second-order valence-corrected chi connectivity index (χ2v) is 6.82. The number of rotatable bonds is 3. The monoisotopic (exact) mass is 330 g/mol. The molecule has 0 spiro atoms. The van der Waals surface area contributed by atoms with E-state index in [2.05, 4.69) is 9.71 Å². The zero-order valence-corrected chi connectivity index (χ0v) is 13.1. The highest BCUT2D eigenvalue weighted by Gasteiger charge is 2.17. The van der Waals surface area contributed by atoms with Crippen LogP contribution >= 0.6 is 23.2 Å². The topological polar surface area (TPSA) is 59.1 Å². The Morgan fingerprint density at radius 3 is 2.50 bits per heavy atom. The van der Waals surface area contributed by atoms with Crippen LogP contribution in [0.25, 0.3) is 0 Å². The van der Waals surface area contributed by atoms with Crippen LogP contribution < -0.4 is 4.72 Å². The summed E-state index contributed by atoms with van der Waals surface area (Å²) in [4.78, 5) is 3.71. The van der Waals surface area contributed by atoms with E-state index in [1.165, 1.54) is 12.3 Å². The lowest BCUT2D eigenvalue weighted by Crippen LogP contribution is -2.14. The summed E-state index contributed by atoms with van der Waals surface area (Å²) in [6, 6.07) is 6.79. The first kappa shape index (κ1) is 15.1. The number of aryl methyl sites for hydroxylation is 2. The van der Waals surface area contributed by atoms with E-state index < -0.39 is 10.0 Å². The first-order chi connectivity index (χ1) is 9.29. The van der Waals surface area contributed by atoms with Crippen LogP contribution in [0.4, 0.5) is 5.69 Å². The molecule has 0 bridgehead atoms. The Bertz CT molecular complexity index is 761. The molecule has 0 fully saturated rings. The molecule has 0 radical (unpaired) electrons. The zero-order valence-electron chi connectivity index (χ0n) is 10.8. The van der Waals surface area contributed by atoms with Gasteiger partial charge in [-0.25, -0.2) is 13.4 Å². The van der Waals surface area contributed by atoms with Crippen molar-refractivity contribution in [3.8, 4) is 0 Å². The minimum absolute atomic E-state index is 0.0344. The summed E-state index contributed by atoms with van der Waals surface area (Å²) in [5, 5.41) is 0.160. The number of hydrogen-bond acceptors (Lipinski definition) is 3. The molecule has 1 aromatic carbocycles. The van der Waals surface area contributed by atoms with Gasteiger partial charge < -0.3 is 0 Å². The molecule has 4 nitrogen and oxygen atoms in total. The normalized spacial score (nSPS) is 11.4. The zero-order chi connectivity index (χ0) is 14.9. The maximum Gasteiger partial charge on any atom is 0.263 e. The van der Waals surface area contributed by atoms with Gasteiger partial charge in [-0.1, -0.05) is 35.3 Å². The third kappa shape index (κ3) is 3.23. The molecule has 0 aliphatic rings. The average Bonchev–Trinajstić information content (AvgIpc) is 2.36. The summed E-state index contributed by atoms with van der Waals surface area (Å²) >= 11 is 11.5. The summed E-state index contributed by atoms with van der Waals surface area (Å²) in [5.41, 5.74) is 2.31. The van der Waals surface area contributed by atoms with Gasteiger partial charge in [-0.05, 0) is 37.1 Å². The fraction of sp³-hybridized carbons (Fsp3) is 0.154. The molecular formula is C13H12Cl2N2O2S. The van der Waals surface area contributed by atoms with Gasteiger partial charge in [0.1, 0.15) is 10.0 Å². The van der Waals surface area contributed by atoms with E-state index in [-0.39, 0.29) is 15.1 Å². The molecule has 0 amide bonds. The SMILES string of the molecule is Cc1ccc(C)c(NS(=O)(=O)c2cnc(Cl)c(Cl)c2)c1. The Kier molecular flexibility index (Phi) is 4.22. The van der Waals surface area contributed by atoms with Crippen molar-refractivity contribution in [1.29, 1.82) is 0 Å². The molecule has 1 heterocycles. The largest absolute Gasteiger partial charge is 0.279 e. The molecule has 0 unspecified atom stereocenters. The number of aromatic nitrogens is 1. The highest BCUT2D eigenvalue weighted by molar-refractivity contribution is 7.92. The number of sulfonamides is 1. The van der Waals surface area contributed by atoms with Crippen LogP contribution in [-0.2, 0) is 10.0 Å². The van der Waals surface area contributed by atoms with Crippen LogP contribution in [0.2, 0.25) is 10.2 Å². The number of halogens is 2. The molecule has 0 aliphatic carbocycles. The second-order valence-electron chi connectivity index (χ2n) is 4.37. The number of benzene rings is 1. The van der Waals surface area contributed by atoms with Crippen molar-refractivity contribution in [1.82, 2.24) is 4.98 Å². The summed E-state index contributed by atoms with van der Waals surface area (Å²) in [6.07, 6.45) is 1.17. The van der Waals surface area contributed by atoms with E-state index >= 15 is 0 Å². The van der Waals surface area contributed by atoms with Gasteiger partial charge in [0, 0.05) is 6.20 Å². The Balaban J connectivity index is 2.40. The molecule has 2 rings (SSSR count). The molecule has 20 heavy (non-hydrogen) atoms. The highest BCUT2D eigenvalue weighted by atomic mass is 35.5. The lowest BCUT2D eigenvalue weighted by atomic mass is 10.1. The molecule has 7 heteroatoms. The van der Waals surface area contributed by atoms with E-state index in [1.807, 2.05) is 26.0 Å². The number of nitrogens with one attached hydrogen (secondary N) is 1. The van der Waals surface area contributed by atoms with Crippen LogP contribution in [-0.4, -0.2) is 13.4 Å². The van der Waals surface area contributed by atoms with Crippen LogP contribution in [0.3, 0.4) is 0 Å². The Morgan fingerprint density at radius 2 is 1.85 bits per heavy atom. The van der Waals surface area contributed by atoms with Crippen molar-refractivity contribution in [2.24, 2.45) is 0 Å².